The van der Waals surface area contributed by atoms with Crippen molar-refractivity contribution in [1.82, 2.24) is 4.98 Å². The monoisotopic (exact) mass is 626 g/mol. The molecule has 3 heterocycles. The summed E-state index contributed by atoms with van der Waals surface area (Å²) in [4.78, 5) is 6.05. The molecule has 0 spiro atoms. The van der Waals surface area contributed by atoms with Crippen molar-refractivity contribution in [2.75, 3.05) is 12.0 Å². The van der Waals surface area contributed by atoms with Crippen LogP contribution in [-0.4, -0.2) is 35.4 Å². The molecule has 2 saturated heterocycles. The van der Waals surface area contributed by atoms with Gasteiger partial charge in [-0.05, 0) is 61.4 Å². The summed E-state index contributed by atoms with van der Waals surface area (Å²) in [5, 5.41) is 8.59. The van der Waals surface area contributed by atoms with Gasteiger partial charge >= 0.3 is 18.5 Å². The summed E-state index contributed by atoms with van der Waals surface area (Å²) in [6.07, 6.45) is -10.0. The zero-order valence-corrected chi connectivity index (χ0v) is 22.2. The number of benzene rings is 2. The number of alkyl halides is 9. The van der Waals surface area contributed by atoms with Crippen LogP contribution in [0.15, 0.2) is 54.7 Å². The van der Waals surface area contributed by atoms with Gasteiger partial charge in [-0.2, -0.15) is 39.5 Å². The Morgan fingerprint density at radius 1 is 0.744 bits per heavy atom. The van der Waals surface area contributed by atoms with Crippen molar-refractivity contribution in [3.8, 4) is 17.2 Å². The SMILES string of the molecule is COc1cc(C(F)(F)F)ccc1OC1C[C@H]2CC[C@@H](C1)N2c1ccc(C(F)(F)F)cn1.Oc1cc(C(F)(F)F)ccc1F. The Morgan fingerprint density at radius 2 is 1.28 bits per heavy atom. The van der Waals surface area contributed by atoms with E-state index in [4.69, 9.17) is 14.6 Å². The van der Waals surface area contributed by atoms with Gasteiger partial charge in [0.1, 0.15) is 11.9 Å². The van der Waals surface area contributed by atoms with Gasteiger partial charge in [-0.25, -0.2) is 9.37 Å². The molecule has 0 amide bonds. The number of nitrogens with zero attached hydrogens (tertiary/aromatic N) is 2. The highest BCUT2D eigenvalue weighted by Crippen LogP contribution is 2.42. The highest BCUT2D eigenvalue weighted by Gasteiger charge is 2.43. The summed E-state index contributed by atoms with van der Waals surface area (Å²) in [5.74, 6) is -1.33. The molecule has 2 aliphatic rings. The lowest BCUT2D eigenvalue weighted by Gasteiger charge is -2.39. The number of phenolic OH excluding ortho intramolecular Hbond substituents is 1. The van der Waals surface area contributed by atoms with Gasteiger partial charge < -0.3 is 19.5 Å². The van der Waals surface area contributed by atoms with E-state index in [2.05, 4.69) is 4.98 Å². The number of piperidine rings is 1. The van der Waals surface area contributed by atoms with Gasteiger partial charge in [0.15, 0.2) is 23.1 Å². The number of ether oxygens (including phenoxy) is 2. The average Bonchev–Trinajstić information content (AvgIpc) is 3.19. The minimum Gasteiger partial charge on any atom is -0.505 e. The van der Waals surface area contributed by atoms with Crippen LogP contribution in [0, 0.1) is 5.82 Å². The standard InChI is InChI=1S/C21H20F6N2O2.C7H4F4O/c1-30-18-8-12(20(22,23)24)2-6-17(18)31-16-9-14-4-5-15(10-16)29(14)19-7-3-13(11-28-19)21(25,26)27;8-5-2-1-4(3-6(5)12)7(9,10)11/h2-3,6-8,11,14-16H,4-5,9-10H2,1H3;1-3,12H/t14-,15+,16?;. The normalized spacial score (nSPS) is 20.3. The zero-order chi connectivity index (χ0) is 31.7. The van der Waals surface area contributed by atoms with Gasteiger partial charge in [0.05, 0.1) is 23.8 Å². The summed E-state index contributed by atoms with van der Waals surface area (Å²) in [5.41, 5.74) is -2.68. The topological polar surface area (TPSA) is 54.8 Å². The van der Waals surface area contributed by atoms with Crippen molar-refractivity contribution < 1.29 is 58.5 Å². The number of aromatic hydroxyl groups is 1. The Hall–Kier alpha value is -3.91. The lowest BCUT2D eigenvalue weighted by atomic mass is 9.99. The van der Waals surface area contributed by atoms with E-state index in [1.165, 1.54) is 19.2 Å². The van der Waals surface area contributed by atoms with Crippen LogP contribution in [0.2, 0.25) is 0 Å². The third-order valence-corrected chi connectivity index (χ3v) is 7.09. The Balaban J connectivity index is 0.000000296. The van der Waals surface area contributed by atoms with E-state index in [9.17, 15) is 43.9 Å². The second-order valence-corrected chi connectivity index (χ2v) is 9.93. The third kappa shape index (κ3) is 7.54. The van der Waals surface area contributed by atoms with E-state index in [0.29, 0.717) is 36.9 Å². The number of pyridine rings is 1. The number of aromatic nitrogens is 1. The van der Waals surface area contributed by atoms with Crippen LogP contribution in [0.3, 0.4) is 0 Å². The molecule has 3 atom stereocenters. The first kappa shape index (κ1) is 32.0. The Morgan fingerprint density at radius 3 is 1.77 bits per heavy atom. The molecule has 1 aromatic heterocycles. The van der Waals surface area contributed by atoms with Crippen LogP contribution in [0.25, 0.3) is 0 Å². The maximum Gasteiger partial charge on any atom is 0.417 e. The molecule has 15 heteroatoms. The van der Waals surface area contributed by atoms with Crippen molar-refractivity contribution in [2.45, 2.75) is 62.4 Å². The maximum absolute atomic E-state index is 12.9. The summed E-state index contributed by atoms with van der Waals surface area (Å²) < 4.78 is 136. The second kappa shape index (κ2) is 12.0. The lowest BCUT2D eigenvalue weighted by Crippen LogP contribution is -2.46. The van der Waals surface area contributed by atoms with Crippen molar-refractivity contribution in [2.24, 2.45) is 0 Å². The maximum atomic E-state index is 12.9. The number of rotatable bonds is 4. The lowest BCUT2D eigenvalue weighted by molar-refractivity contribution is -0.138. The molecule has 1 unspecified atom stereocenters. The Bertz CT molecular complexity index is 1390. The predicted molar refractivity (Wildman–Crippen MR) is 133 cm³/mol. The van der Waals surface area contributed by atoms with E-state index < -0.39 is 46.8 Å². The number of hydrogen-bond acceptors (Lipinski definition) is 5. The smallest absolute Gasteiger partial charge is 0.417 e. The fourth-order valence-corrected chi connectivity index (χ4v) is 5.11. The minimum atomic E-state index is -4.55. The van der Waals surface area contributed by atoms with E-state index in [-0.39, 0.29) is 29.7 Å². The van der Waals surface area contributed by atoms with E-state index >= 15 is 0 Å². The highest BCUT2D eigenvalue weighted by atomic mass is 19.4. The summed E-state index contributed by atoms with van der Waals surface area (Å²) in [6, 6.07) is 7.07. The molecule has 2 aromatic carbocycles. The average molecular weight is 626 g/mol. The molecule has 2 fully saturated rings. The predicted octanol–water partition coefficient (Wildman–Crippen LogP) is 8.26. The van der Waals surface area contributed by atoms with Crippen molar-refractivity contribution >= 4 is 5.82 Å². The summed E-state index contributed by atoms with van der Waals surface area (Å²) in [6.45, 7) is 0. The fraction of sp³-hybridized carbons (Fsp3) is 0.393. The van der Waals surface area contributed by atoms with Crippen LogP contribution in [0.5, 0.6) is 17.2 Å². The van der Waals surface area contributed by atoms with Crippen molar-refractivity contribution in [1.29, 1.82) is 0 Å². The number of halogens is 10. The Labute approximate surface area is 238 Å². The number of phenols is 1. The first-order valence-electron chi connectivity index (χ1n) is 12.8. The second-order valence-electron chi connectivity index (χ2n) is 9.93. The van der Waals surface area contributed by atoms with Crippen molar-refractivity contribution in [3.05, 3.63) is 77.2 Å². The highest BCUT2D eigenvalue weighted by molar-refractivity contribution is 5.46. The summed E-state index contributed by atoms with van der Waals surface area (Å²) >= 11 is 0. The molecule has 2 bridgehead atoms. The van der Waals surface area contributed by atoms with Gasteiger partial charge in [0.2, 0.25) is 0 Å². The van der Waals surface area contributed by atoms with Gasteiger partial charge in [0.25, 0.3) is 0 Å². The first-order valence-corrected chi connectivity index (χ1v) is 12.8. The molecule has 5 rings (SSSR count). The molecule has 5 nitrogen and oxygen atoms in total. The number of methoxy groups -OCH3 is 1. The van der Waals surface area contributed by atoms with Gasteiger partial charge in [-0.15, -0.1) is 0 Å². The molecular formula is C28H24F10N2O3. The molecule has 43 heavy (non-hydrogen) atoms. The van der Waals surface area contributed by atoms with E-state index in [0.717, 1.165) is 37.2 Å². The molecule has 1 N–H and O–H groups in total. The largest absolute Gasteiger partial charge is 0.505 e. The fourth-order valence-electron chi connectivity index (χ4n) is 5.11. The molecular weight excluding hydrogens is 602 g/mol. The first-order chi connectivity index (χ1) is 20.0. The minimum absolute atomic E-state index is 0.00834. The van der Waals surface area contributed by atoms with Gasteiger partial charge in [-0.1, -0.05) is 0 Å². The number of anilines is 1. The van der Waals surface area contributed by atoms with Crippen LogP contribution >= 0.6 is 0 Å². The summed E-state index contributed by atoms with van der Waals surface area (Å²) in [7, 11) is 1.28. The van der Waals surface area contributed by atoms with Crippen LogP contribution in [-0.2, 0) is 18.5 Å². The molecule has 3 aromatic rings. The molecule has 0 saturated carbocycles. The molecule has 2 aliphatic heterocycles. The molecule has 234 valence electrons. The number of fused-ring (bicyclic) bond motifs is 2. The van der Waals surface area contributed by atoms with E-state index in [1.807, 2.05) is 4.90 Å². The van der Waals surface area contributed by atoms with Gasteiger partial charge in [0, 0.05) is 31.1 Å². The van der Waals surface area contributed by atoms with Crippen LogP contribution < -0.4 is 14.4 Å². The van der Waals surface area contributed by atoms with Crippen molar-refractivity contribution in [3.63, 3.8) is 0 Å². The zero-order valence-electron chi connectivity index (χ0n) is 22.2. The van der Waals surface area contributed by atoms with Gasteiger partial charge in [-0.3, -0.25) is 0 Å². The van der Waals surface area contributed by atoms with Crippen LogP contribution in [0.1, 0.15) is 42.4 Å². The quantitative estimate of drug-likeness (QED) is 0.296. The molecule has 0 aliphatic carbocycles. The third-order valence-electron chi connectivity index (χ3n) is 7.09. The number of hydrogen-bond donors (Lipinski definition) is 1. The molecule has 0 radical (unpaired) electrons. The van der Waals surface area contributed by atoms with E-state index in [1.54, 1.807) is 0 Å². The van der Waals surface area contributed by atoms with Crippen LogP contribution in [0.4, 0.5) is 49.7 Å². The Kier molecular flexibility index (Phi) is 8.93.